The van der Waals surface area contributed by atoms with E-state index in [1.54, 1.807) is 13.0 Å². The zero-order valence-electron chi connectivity index (χ0n) is 10.6. The Labute approximate surface area is 117 Å². The van der Waals surface area contributed by atoms with Crippen LogP contribution in [0.5, 0.6) is 5.75 Å². The average Bonchev–Trinajstić information content (AvgIpc) is 2.32. The topological polar surface area (TPSA) is 35.2 Å². The van der Waals surface area contributed by atoms with Crippen LogP contribution in [0.25, 0.3) is 0 Å². The van der Waals surface area contributed by atoms with Gasteiger partial charge in [-0.1, -0.05) is 15.9 Å². The normalized spacial score (nSPS) is 13.8. The molecule has 1 aromatic rings. The van der Waals surface area contributed by atoms with E-state index >= 15 is 0 Å². The molecule has 0 aliphatic heterocycles. The maximum Gasteiger partial charge on any atom is 0.326 e. The highest BCUT2D eigenvalue weighted by atomic mass is 79.9. The van der Waals surface area contributed by atoms with Gasteiger partial charge in [-0.3, -0.25) is 0 Å². The number of halogens is 5. The fourth-order valence-corrected chi connectivity index (χ4v) is 2.41. The van der Waals surface area contributed by atoms with E-state index in [0.717, 1.165) is 0 Å². The van der Waals surface area contributed by atoms with Crippen LogP contribution in [-0.2, 0) is 0 Å². The summed E-state index contributed by atoms with van der Waals surface area (Å²) in [6.45, 7) is 3.14. The molecule has 0 aliphatic carbocycles. The number of nitrogens with two attached hydrogens (primary N) is 1. The fraction of sp³-hybridized carbons (Fsp3) is 0.500. The first-order valence-electron chi connectivity index (χ1n) is 5.39. The third-order valence-electron chi connectivity index (χ3n) is 2.93. The standard InChI is InChI=1S/C12H14BrF4NO/c1-5-4-7(13)6(2)8(9(5)19-3)10(18)12(16,17)11(14)15/h4,10-11H,18H2,1-3H3. The molecule has 108 valence electrons. The number of alkyl halides is 4. The van der Waals surface area contributed by atoms with E-state index in [2.05, 4.69) is 15.9 Å². The van der Waals surface area contributed by atoms with Gasteiger partial charge in [-0.15, -0.1) is 0 Å². The molecule has 0 fully saturated rings. The highest BCUT2D eigenvalue weighted by Crippen LogP contribution is 2.43. The zero-order valence-corrected chi connectivity index (χ0v) is 12.2. The van der Waals surface area contributed by atoms with Crippen LogP contribution in [0.2, 0.25) is 0 Å². The van der Waals surface area contributed by atoms with Crippen LogP contribution in [0, 0.1) is 13.8 Å². The van der Waals surface area contributed by atoms with Gasteiger partial charge < -0.3 is 10.5 Å². The molecule has 0 aliphatic rings. The Morgan fingerprint density at radius 3 is 2.26 bits per heavy atom. The lowest BCUT2D eigenvalue weighted by Gasteiger charge is -2.27. The van der Waals surface area contributed by atoms with Crippen molar-refractivity contribution in [2.45, 2.75) is 32.2 Å². The molecule has 1 unspecified atom stereocenters. The van der Waals surface area contributed by atoms with Gasteiger partial charge in [-0.2, -0.15) is 8.78 Å². The number of ether oxygens (including phenoxy) is 1. The number of hydrogen-bond donors (Lipinski definition) is 1. The lowest BCUT2D eigenvalue weighted by atomic mass is 9.94. The molecule has 2 nitrogen and oxygen atoms in total. The van der Waals surface area contributed by atoms with Crippen molar-refractivity contribution in [3.63, 3.8) is 0 Å². The van der Waals surface area contributed by atoms with Crippen molar-refractivity contribution in [1.82, 2.24) is 0 Å². The Hall–Kier alpha value is -0.820. The van der Waals surface area contributed by atoms with E-state index in [0.29, 0.717) is 15.6 Å². The molecule has 1 aromatic carbocycles. The quantitative estimate of drug-likeness (QED) is 0.839. The van der Waals surface area contributed by atoms with Crippen molar-refractivity contribution < 1.29 is 22.3 Å². The molecule has 0 amide bonds. The first kappa shape index (κ1) is 16.2. The van der Waals surface area contributed by atoms with Gasteiger partial charge in [0.15, 0.2) is 0 Å². The average molecular weight is 344 g/mol. The van der Waals surface area contributed by atoms with E-state index in [1.165, 1.54) is 14.0 Å². The van der Waals surface area contributed by atoms with Gasteiger partial charge in [-0.05, 0) is 31.0 Å². The second kappa shape index (κ2) is 5.66. The maximum atomic E-state index is 13.4. The number of hydrogen-bond acceptors (Lipinski definition) is 2. The second-order valence-corrected chi connectivity index (χ2v) is 5.05. The van der Waals surface area contributed by atoms with E-state index in [9.17, 15) is 17.6 Å². The highest BCUT2D eigenvalue weighted by molar-refractivity contribution is 9.10. The molecule has 0 bridgehead atoms. The molecule has 7 heteroatoms. The van der Waals surface area contributed by atoms with Gasteiger partial charge in [0, 0.05) is 10.0 Å². The van der Waals surface area contributed by atoms with Crippen molar-refractivity contribution >= 4 is 15.9 Å². The molecule has 2 N–H and O–H groups in total. The van der Waals surface area contributed by atoms with Gasteiger partial charge in [0.1, 0.15) is 11.8 Å². The minimum Gasteiger partial charge on any atom is -0.496 e. The van der Waals surface area contributed by atoms with Gasteiger partial charge in [-0.25, -0.2) is 8.78 Å². The first-order valence-corrected chi connectivity index (χ1v) is 6.19. The van der Waals surface area contributed by atoms with Crippen LogP contribution >= 0.6 is 15.9 Å². The summed E-state index contributed by atoms with van der Waals surface area (Å²) in [5.41, 5.74) is 6.14. The summed E-state index contributed by atoms with van der Waals surface area (Å²) in [4.78, 5) is 0. The maximum absolute atomic E-state index is 13.4. The summed E-state index contributed by atoms with van der Waals surface area (Å²) >= 11 is 3.19. The van der Waals surface area contributed by atoms with Gasteiger partial charge in [0.25, 0.3) is 0 Å². The van der Waals surface area contributed by atoms with Gasteiger partial charge in [0.2, 0.25) is 0 Å². The van der Waals surface area contributed by atoms with Crippen LogP contribution in [0.4, 0.5) is 17.6 Å². The molecule has 1 atom stereocenters. The summed E-state index contributed by atoms with van der Waals surface area (Å²) in [6.07, 6.45) is -3.84. The molecule has 0 saturated heterocycles. The summed E-state index contributed by atoms with van der Waals surface area (Å²) in [5.74, 6) is -4.22. The van der Waals surface area contributed by atoms with Crippen LogP contribution in [-0.4, -0.2) is 19.5 Å². The van der Waals surface area contributed by atoms with Crippen molar-refractivity contribution in [1.29, 1.82) is 0 Å². The number of methoxy groups -OCH3 is 1. The molecule has 0 saturated carbocycles. The summed E-state index contributed by atoms with van der Waals surface area (Å²) in [5, 5.41) is 0. The lowest BCUT2D eigenvalue weighted by molar-refractivity contribution is -0.144. The Balaban J connectivity index is 3.49. The zero-order chi connectivity index (χ0) is 15.0. The summed E-state index contributed by atoms with van der Waals surface area (Å²) in [6, 6.07) is -0.482. The largest absolute Gasteiger partial charge is 0.496 e. The van der Waals surface area contributed by atoms with E-state index in [1.807, 2.05) is 0 Å². The Bertz CT molecular complexity index is 479. The molecule has 0 spiro atoms. The van der Waals surface area contributed by atoms with Crippen molar-refractivity contribution in [3.05, 3.63) is 27.2 Å². The minimum absolute atomic E-state index is 0.105. The Morgan fingerprint density at radius 2 is 1.84 bits per heavy atom. The van der Waals surface area contributed by atoms with Crippen molar-refractivity contribution in [2.24, 2.45) is 5.73 Å². The Kier molecular flexibility index (Phi) is 4.84. The third kappa shape index (κ3) is 2.86. The number of benzene rings is 1. The SMILES string of the molecule is COc1c(C)cc(Br)c(C)c1C(N)C(F)(F)C(F)F. The molecule has 0 heterocycles. The first-order chi connectivity index (χ1) is 8.64. The second-order valence-electron chi connectivity index (χ2n) is 4.20. The number of aryl methyl sites for hydroxylation is 1. The molecular weight excluding hydrogens is 330 g/mol. The van der Waals surface area contributed by atoms with Gasteiger partial charge >= 0.3 is 12.3 Å². The molecule has 0 aromatic heterocycles. The van der Waals surface area contributed by atoms with Crippen molar-refractivity contribution in [2.75, 3.05) is 7.11 Å². The summed E-state index contributed by atoms with van der Waals surface area (Å²) in [7, 11) is 1.28. The monoisotopic (exact) mass is 343 g/mol. The molecule has 19 heavy (non-hydrogen) atoms. The molecular formula is C12H14BrF4NO. The fourth-order valence-electron chi connectivity index (χ4n) is 1.85. The predicted molar refractivity (Wildman–Crippen MR) is 68.0 cm³/mol. The van der Waals surface area contributed by atoms with Gasteiger partial charge in [0.05, 0.1) is 7.11 Å². The highest BCUT2D eigenvalue weighted by Gasteiger charge is 2.49. The number of rotatable bonds is 4. The predicted octanol–water partition coefficient (Wildman–Crippen LogP) is 3.97. The molecule has 0 radical (unpaired) electrons. The minimum atomic E-state index is -4.33. The van der Waals surface area contributed by atoms with Crippen LogP contribution < -0.4 is 10.5 Å². The van der Waals surface area contributed by atoms with Crippen molar-refractivity contribution in [3.8, 4) is 5.75 Å². The van der Waals surface area contributed by atoms with E-state index < -0.39 is 18.4 Å². The Morgan fingerprint density at radius 1 is 1.32 bits per heavy atom. The van der Waals surface area contributed by atoms with Crippen LogP contribution in [0.1, 0.15) is 22.7 Å². The van der Waals surface area contributed by atoms with E-state index in [4.69, 9.17) is 10.5 Å². The summed E-state index contributed by atoms with van der Waals surface area (Å²) < 4.78 is 57.3. The molecule has 1 rings (SSSR count). The smallest absolute Gasteiger partial charge is 0.326 e. The third-order valence-corrected chi connectivity index (χ3v) is 3.75. The van der Waals surface area contributed by atoms with E-state index in [-0.39, 0.29) is 11.3 Å². The van der Waals surface area contributed by atoms with Crippen LogP contribution in [0.3, 0.4) is 0 Å². The lowest BCUT2D eigenvalue weighted by Crippen LogP contribution is -2.40. The van der Waals surface area contributed by atoms with Crippen LogP contribution in [0.15, 0.2) is 10.5 Å².